The lowest BCUT2D eigenvalue weighted by atomic mass is 9.93. The second-order valence-electron chi connectivity index (χ2n) is 8.86. The Morgan fingerprint density at radius 3 is 2.16 bits per heavy atom. The first kappa shape index (κ1) is 27.8. The highest BCUT2D eigenvalue weighted by molar-refractivity contribution is 6.42. The fraction of sp³-hybridized carbons (Fsp3) is 0.222. The van der Waals surface area contributed by atoms with E-state index in [-0.39, 0.29) is 24.6 Å². The zero-order chi connectivity index (χ0) is 27.8. The molecule has 1 unspecified atom stereocenters. The third-order valence-corrected chi connectivity index (χ3v) is 7.61. The van der Waals surface area contributed by atoms with Crippen LogP contribution in [0.2, 0.25) is 15.1 Å². The fourth-order valence-corrected chi connectivity index (χ4v) is 5.05. The molecule has 38 heavy (non-hydrogen) atoms. The summed E-state index contributed by atoms with van der Waals surface area (Å²) in [6, 6.07) is 15.6. The molecule has 11 heteroatoms. The fourth-order valence-electron chi connectivity index (χ4n) is 4.52. The van der Waals surface area contributed by atoms with Crippen molar-refractivity contribution in [3.63, 3.8) is 0 Å². The predicted molar refractivity (Wildman–Crippen MR) is 139 cm³/mol. The number of rotatable bonds is 4. The zero-order valence-corrected chi connectivity index (χ0v) is 22.0. The van der Waals surface area contributed by atoms with Crippen molar-refractivity contribution in [1.82, 2.24) is 9.80 Å². The molecule has 0 radical (unpaired) electrons. The third-order valence-electron chi connectivity index (χ3n) is 6.55. The van der Waals surface area contributed by atoms with Gasteiger partial charge in [-0.3, -0.25) is 9.59 Å². The van der Waals surface area contributed by atoms with E-state index in [1.807, 2.05) is 6.07 Å². The number of carbonyl (C=O) groups is 2. The summed E-state index contributed by atoms with van der Waals surface area (Å²) in [7, 11) is 1.48. The molecule has 0 saturated carbocycles. The molecule has 1 fully saturated rings. The molecule has 0 spiro atoms. The Bertz CT molecular complexity index is 1440. The Hall–Kier alpha value is -3.25. The maximum atomic E-state index is 13.4. The molecule has 1 aliphatic rings. The van der Waals surface area contributed by atoms with Crippen LogP contribution in [0, 0.1) is 11.3 Å². The number of amides is 2. The van der Waals surface area contributed by atoms with E-state index in [9.17, 15) is 22.8 Å². The number of benzene rings is 3. The smallest absolute Gasteiger partial charge is 0.336 e. The summed E-state index contributed by atoms with van der Waals surface area (Å²) in [5, 5.41) is 9.15. The first-order valence-corrected chi connectivity index (χ1v) is 12.4. The van der Waals surface area contributed by atoms with E-state index in [0.717, 1.165) is 12.1 Å². The lowest BCUT2D eigenvalue weighted by molar-refractivity contribution is -0.137. The molecule has 1 heterocycles. The first-order valence-electron chi connectivity index (χ1n) is 11.3. The average molecular weight is 581 g/mol. The van der Waals surface area contributed by atoms with Crippen molar-refractivity contribution in [1.29, 1.82) is 5.26 Å². The molecule has 0 aliphatic carbocycles. The monoisotopic (exact) mass is 579 g/mol. The van der Waals surface area contributed by atoms with Gasteiger partial charge < -0.3 is 9.80 Å². The van der Waals surface area contributed by atoms with Crippen molar-refractivity contribution in [3.8, 4) is 6.07 Å². The molecule has 1 aliphatic heterocycles. The summed E-state index contributed by atoms with van der Waals surface area (Å²) < 4.78 is 40.2. The van der Waals surface area contributed by atoms with E-state index < -0.39 is 34.6 Å². The van der Waals surface area contributed by atoms with Gasteiger partial charge in [0.1, 0.15) is 0 Å². The van der Waals surface area contributed by atoms with Gasteiger partial charge in [0, 0.05) is 37.2 Å². The number of likely N-dealkylation sites (N-methyl/N-ethyl adjacent to an activating group) is 1. The first-order chi connectivity index (χ1) is 17.9. The summed E-state index contributed by atoms with van der Waals surface area (Å²) in [5.74, 6) is -1.38. The highest BCUT2D eigenvalue weighted by atomic mass is 35.5. The normalized spacial score (nSPS) is 17.3. The van der Waals surface area contributed by atoms with Gasteiger partial charge in [0.15, 0.2) is 0 Å². The minimum Gasteiger partial charge on any atom is -0.336 e. The lowest BCUT2D eigenvalue weighted by Gasteiger charge is -2.29. The zero-order valence-electron chi connectivity index (χ0n) is 19.8. The molecular formula is C27H19Cl3F3N3O2. The van der Waals surface area contributed by atoms with E-state index in [2.05, 4.69) is 0 Å². The highest BCUT2D eigenvalue weighted by Gasteiger charge is 2.41. The molecule has 196 valence electrons. The minimum absolute atomic E-state index is 0.117. The highest BCUT2D eigenvalue weighted by Crippen LogP contribution is 2.37. The van der Waals surface area contributed by atoms with Crippen molar-refractivity contribution in [2.75, 3.05) is 20.1 Å². The molecule has 0 bridgehead atoms. The summed E-state index contributed by atoms with van der Waals surface area (Å²) in [6.07, 6.45) is -4.73. The second-order valence-corrected chi connectivity index (χ2v) is 10.1. The molecule has 3 aromatic carbocycles. The van der Waals surface area contributed by atoms with Crippen LogP contribution in [0.3, 0.4) is 0 Å². The largest absolute Gasteiger partial charge is 0.417 e. The van der Waals surface area contributed by atoms with Crippen molar-refractivity contribution < 1.29 is 22.8 Å². The molecule has 3 aromatic rings. The molecule has 0 aromatic heterocycles. The SMILES string of the molecule is CN(C(=O)c1ccc(Cl)c(C(F)(F)F)c1)[C@@H]1CN(C(=O)c2ccc(C#N)cc2)CC1c1ccc(Cl)c(Cl)c1. The number of halogens is 6. The van der Waals surface area contributed by atoms with Gasteiger partial charge in [-0.05, 0) is 60.2 Å². The Labute approximate surface area is 231 Å². The topological polar surface area (TPSA) is 64.4 Å². The predicted octanol–water partition coefficient (Wildman–Crippen LogP) is 6.92. The standard InChI is InChI=1S/C27H19Cl3F3N3O2/c1-35(25(37)18-7-8-21(28)20(10-18)27(31,32)33)24-14-36(26(38)16-4-2-15(12-34)3-5-16)13-19(24)17-6-9-22(29)23(30)11-17/h2-11,19,24H,13-14H2,1H3/t19?,24-/m1/s1. The number of nitriles is 1. The van der Waals surface area contributed by atoms with Gasteiger partial charge in [-0.1, -0.05) is 40.9 Å². The van der Waals surface area contributed by atoms with Crippen molar-refractivity contribution in [2.24, 2.45) is 0 Å². The Balaban J connectivity index is 1.68. The van der Waals surface area contributed by atoms with Crippen molar-refractivity contribution in [2.45, 2.75) is 18.1 Å². The number of alkyl halides is 3. The van der Waals surface area contributed by atoms with Crippen LogP contribution in [0.5, 0.6) is 0 Å². The van der Waals surface area contributed by atoms with Crippen LogP contribution < -0.4 is 0 Å². The van der Waals surface area contributed by atoms with E-state index in [0.29, 0.717) is 26.7 Å². The molecular weight excluding hydrogens is 562 g/mol. The van der Waals surface area contributed by atoms with E-state index >= 15 is 0 Å². The molecule has 1 saturated heterocycles. The molecule has 0 N–H and O–H groups in total. The summed E-state index contributed by atoms with van der Waals surface area (Å²) in [5.41, 5.74) is 0.184. The number of hydrogen-bond acceptors (Lipinski definition) is 3. The van der Waals surface area contributed by atoms with Crippen molar-refractivity contribution >= 4 is 46.6 Å². The third kappa shape index (κ3) is 5.60. The maximum absolute atomic E-state index is 13.4. The van der Waals surface area contributed by atoms with Gasteiger partial charge in [-0.2, -0.15) is 18.4 Å². The molecule has 2 atom stereocenters. The summed E-state index contributed by atoms with van der Waals surface area (Å²) in [4.78, 5) is 29.6. The van der Waals surface area contributed by atoms with Gasteiger partial charge in [0.25, 0.3) is 11.8 Å². The lowest BCUT2D eigenvalue weighted by Crippen LogP contribution is -2.42. The summed E-state index contributed by atoms with van der Waals surface area (Å²) in [6.45, 7) is 0.333. The quantitative estimate of drug-likeness (QED) is 0.337. The van der Waals surface area contributed by atoms with E-state index in [1.54, 1.807) is 35.2 Å². The van der Waals surface area contributed by atoms with Gasteiger partial charge in [-0.25, -0.2) is 0 Å². The Morgan fingerprint density at radius 1 is 0.921 bits per heavy atom. The molecule has 2 amide bonds. The van der Waals surface area contributed by atoms with Gasteiger partial charge in [0.05, 0.1) is 38.3 Å². The number of likely N-dealkylation sites (tertiary alicyclic amines) is 1. The van der Waals surface area contributed by atoms with Crippen LogP contribution in [0.4, 0.5) is 13.2 Å². The maximum Gasteiger partial charge on any atom is 0.417 e. The van der Waals surface area contributed by atoms with Crippen LogP contribution in [-0.4, -0.2) is 47.8 Å². The van der Waals surface area contributed by atoms with Crippen LogP contribution in [0.15, 0.2) is 60.7 Å². The Morgan fingerprint density at radius 2 is 1.55 bits per heavy atom. The molecule has 4 rings (SSSR count). The van der Waals surface area contributed by atoms with E-state index in [4.69, 9.17) is 40.1 Å². The van der Waals surface area contributed by atoms with Crippen LogP contribution in [0.25, 0.3) is 0 Å². The average Bonchev–Trinajstić information content (AvgIpc) is 3.34. The number of hydrogen-bond donors (Lipinski definition) is 0. The van der Waals surface area contributed by atoms with Crippen molar-refractivity contribution in [3.05, 3.63) is 104 Å². The summed E-state index contributed by atoms with van der Waals surface area (Å²) >= 11 is 18.0. The van der Waals surface area contributed by atoms with Crippen LogP contribution in [-0.2, 0) is 6.18 Å². The van der Waals surface area contributed by atoms with Gasteiger partial charge in [-0.15, -0.1) is 0 Å². The van der Waals surface area contributed by atoms with Gasteiger partial charge in [0.2, 0.25) is 0 Å². The second kappa shape index (κ2) is 10.9. The van der Waals surface area contributed by atoms with Crippen LogP contribution in [0.1, 0.15) is 43.3 Å². The molecule has 5 nitrogen and oxygen atoms in total. The minimum atomic E-state index is -4.73. The van der Waals surface area contributed by atoms with Gasteiger partial charge >= 0.3 is 6.18 Å². The van der Waals surface area contributed by atoms with Crippen LogP contribution >= 0.6 is 34.8 Å². The Kier molecular flexibility index (Phi) is 7.93. The number of nitrogens with zero attached hydrogens (tertiary/aromatic N) is 3. The number of carbonyl (C=O) groups excluding carboxylic acids is 2. The van der Waals surface area contributed by atoms with E-state index in [1.165, 1.54) is 30.1 Å².